The number of carbonyl (C=O) groups excluding carboxylic acids is 1. The molecule has 0 aliphatic rings. The third-order valence-corrected chi connectivity index (χ3v) is 2.57. The molecule has 1 heterocycles. The summed E-state index contributed by atoms with van der Waals surface area (Å²) in [4.78, 5) is 15.8. The Kier molecular flexibility index (Phi) is 4.82. The maximum Gasteiger partial charge on any atom is 0.412 e. The van der Waals surface area contributed by atoms with Gasteiger partial charge in [0.25, 0.3) is 0 Å². The summed E-state index contributed by atoms with van der Waals surface area (Å²) in [5.41, 5.74) is 0.438. The predicted octanol–water partition coefficient (Wildman–Crippen LogP) is 4.09. The van der Waals surface area contributed by atoms with Crippen LogP contribution in [0, 0.1) is 11.3 Å². The van der Waals surface area contributed by atoms with E-state index in [0.717, 1.165) is 0 Å². The molecule has 0 saturated carbocycles. The Morgan fingerprint density at radius 3 is 2.65 bits per heavy atom. The first-order valence-electron chi connectivity index (χ1n) is 7.00. The monoisotopic (exact) mass is 311 g/mol. The number of hydrogen-bond donors (Lipinski definition) is 1. The Morgan fingerprint density at radius 1 is 1.26 bits per heavy atom. The van der Waals surface area contributed by atoms with E-state index in [1.807, 2.05) is 6.07 Å². The van der Waals surface area contributed by atoms with Crippen molar-refractivity contribution in [3.63, 3.8) is 0 Å². The normalized spacial score (nSPS) is 10.5. The van der Waals surface area contributed by atoms with Gasteiger partial charge in [-0.2, -0.15) is 5.26 Å². The molecule has 0 aliphatic carbocycles. The topological polar surface area (TPSA) is 84.2 Å². The van der Waals surface area contributed by atoms with Crippen LogP contribution >= 0.6 is 0 Å². The van der Waals surface area contributed by atoms with E-state index >= 15 is 0 Å². The Morgan fingerprint density at radius 2 is 2.04 bits per heavy atom. The molecule has 0 radical (unpaired) electrons. The number of aromatic nitrogens is 1. The quantitative estimate of drug-likeness (QED) is 0.922. The molecule has 0 unspecified atom stereocenters. The van der Waals surface area contributed by atoms with E-state index in [0.29, 0.717) is 22.9 Å². The number of nitrogens with one attached hydrogen (secondary N) is 1. The van der Waals surface area contributed by atoms with Gasteiger partial charge in [-0.05, 0) is 39.0 Å². The number of ether oxygens (including phenoxy) is 2. The van der Waals surface area contributed by atoms with Crippen LogP contribution in [0.2, 0.25) is 0 Å². The van der Waals surface area contributed by atoms with Crippen LogP contribution in [0.15, 0.2) is 42.6 Å². The van der Waals surface area contributed by atoms with Crippen LogP contribution in [-0.2, 0) is 4.74 Å². The molecule has 1 aromatic carbocycles. The maximum absolute atomic E-state index is 11.8. The summed E-state index contributed by atoms with van der Waals surface area (Å²) in [6, 6.07) is 12.1. The standard InChI is InChI=1S/C17H17N3O3/c1-17(2,3)23-16(21)20-13-5-4-6-14(9-13)22-15-8-7-12(10-18)11-19-15/h4-9,11H,1-3H3,(H,20,21). The van der Waals surface area contributed by atoms with Crippen molar-refractivity contribution in [1.82, 2.24) is 4.98 Å². The summed E-state index contributed by atoms with van der Waals surface area (Å²) < 4.78 is 10.8. The number of nitriles is 1. The van der Waals surface area contributed by atoms with E-state index in [1.54, 1.807) is 57.2 Å². The third-order valence-electron chi connectivity index (χ3n) is 2.57. The molecule has 23 heavy (non-hydrogen) atoms. The number of hydrogen-bond acceptors (Lipinski definition) is 5. The average Bonchev–Trinajstić information content (AvgIpc) is 2.46. The Hall–Kier alpha value is -3.07. The minimum absolute atomic E-state index is 0.360. The van der Waals surface area contributed by atoms with Gasteiger partial charge in [-0.15, -0.1) is 0 Å². The largest absolute Gasteiger partial charge is 0.444 e. The van der Waals surface area contributed by atoms with Crippen LogP contribution in [-0.4, -0.2) is 16.7 Å². The zero-order valence-electron chi connectivity index (χ0n) is 13.2. The molecule has 1 N–H and O–H groups in total. The van der Waals surface area contributed by atoms with Gasteiger partial charge in [0.1, 0.15) is 17.4 Å². The molecule has 6 nitrogen and oxygen atoms in total. The molecule has 1 amide bonds. The number of carbonyl (C=O) groups is 1. The smallest absolute Gasteiger partial charge is 0.412 e. The maximum atomic E-state index is 11.8. The first-order valence-corrected chi connectivity index (χ1v) is 7.00. The number of nitrogens with zero attached hydrogens (tertiary/aromatic N) is 2. The van der Waals surface area contributed by atoms with Gasteiger partial charge < -0.3 is 9.47 Å². The Balaban J connectivity index is 2.04. The number of pyridine rings is 1. The molecule has 0 saturated heterocycles. The first-order chi connectivity index (χ1) is 10.9. The van der Waals surface area contributed by atoms with Crippen molar-refractivity contribution < 1.29 is 14.3 Å². The predicted molar refractivity (Wildman–Crippen MR) is 85.3 cm³/mol. The van der Waals surface area contributed by atoms with Gasteiger partial charge in [-0.1, -0.05) is 6.07 Å². The molecule has 2 aromatic rings. The van der Waals surface area contributed by atoms with Crippen molar-refractivity contribution in [2.75, 3.05) is 5.32 Å². The SMILES string of the molecule is CC(C)(C)OC(=O)Nc1cccc(Oc2ccc(C#N)cn2)c1. The summed E-state index contributed by atoms with van der Waals surface area (Å²) in [6.45, 7) is 5.38. The van der Waals surface area contributed by atoms with Gasteiger partial charge in [0, 0.05) is 24.0 Å². The van der Waals surface area contributed by atoms with Gasteiger partial charge in [-0.3, -0.25) is 5.32 Å². The molecule has 6 heteroatoms. The van der Waals surface area contributed by atoms with E-state index in [4.69, 9.17) is 14.7 Å². The summed E-state index contributed by atoms with van der Waals surface area (Å²) in [5, 5.41) is 11.4. The van der Waals surface area contributed by atoms with E-state index in [-0.39, 0.29) is 0 Å². The van der Waals surface area contributed by atoms with Crippen molar-refractivity contribution in [3.05, 3.63) is 48.2 Å². The lowest BCUT2D eigenvalue weighted by Crippen LogP contribution is -2.27. The average molecular weight is 311 g/mol. The fourth-order valence-electron chi connectivity index (χ4n) is 1.69. The molecule has 1 aromatic heterocycles. The van der Waals surface area contributed by atoms with Gasteiger partial charge in [0.2, 0.25) is 5.88 Å². The lowest BCUT2D eigenvalue weighted by atomic mass is 10.2. The van der Waals surface area contributed by atoms with Crippen molar-refractivity contribution in [2.45, 2.75) is 26.4 Å². The highest BCUT2D eigenvalue weighted by Gasteiger charge is 2.16. The summed E-state index contributed by atoms with van der Waals surface area (Å²) in [6.07, 6.45) is 0.893. The molecule has 0 atom stereocenters. The van der Waals surface area contributed by atoms with E-state index < -0.39 is 11.7 Å². The van der Waals surface area contributed by atoms with Crippen LogP contribution in [0.5, 0.6) is 11.6 Å². The highest BCUT2D eigenvalue weighted by atomic mass is 16.6. The minimum Gasteiger partial charge on any atom is -0.444 e. The van der Waals surface area contributed by atoms with Gasteiger partial charge >= 0.3 is 6.09 Å². The van der Waals surface area contributed by atoms with Crippen molar-refractivity contribution in [1.29, 1.82) is 5.26 Å². The van der Waals surface area contributed by atoms with E-state index in [1.165, 1.54) is 6.20 Å². The third kappa shape index (κ3) is 5.32. The van der Waals surface area contributed by atoms with Crippen molar-refractivity contribution >= 4 is 11.8 Å². The fourth-order valence-corrected chi connectivity index (χ4v) is 1.69. The Labute approximate surface area is 134 Å². The van der Waals surface area contributed by atoms with Crippen LogP contribution < -0.4 is 10.1 Å². The van der Waals surface area contributed by atoms with Gasteiger partial charge in [0.05, 0.1) is 5.56 Å². The first kappa shape index (κ1) is 16.3. The molecular formula is C17H17N3O3. The van der Waals surface area contributed by atoms with E-state index in [2.05, 4.69) is 10.3 Å². The molecule has 0 fully saturated rings. The van der Waals surface area contributed by atoms with Crippen LogP contribution in [0.4, 0.5) is 10.5 Å². The van der Waals surface area contributed by atoms with Crippen LogP contribution in [0.1, 0.15) is 26.3 Å². The zero-order valence-corrected chi connectivity index (χ0v) is 13.2. The molecular weight excluding hydrogens is 294 g/mol. The summed E-state index contributed by atoms with van der Waals surface area (Å²) >= 11 is 0. The van der Waals surface area contributed by atoms with Gasteiger partial charge in [0.15, 0.2) is 0 Å². The molecule has 118 valence electrons. The lowest BCUT2D eigenvalue weighted by Gasteiger charge is -2.19. The minimum atomic E-state index is -0.565. The second-order valence-electron chi connectivity index (χ2n) is 5.75. The molecule has 0 aliphatic heterocycles. The van der Waals surface area contributed by atoms with Gasteiger partial charge in [-0.25, -0.2) is 9.78 Å². The Bertz CT molecular complexity index is 728. The number of benzene rings is 1. The van der Waals surface area contributed by atoms with E-state index in [9.17, 15) is 4.79 Å². The highest BCUT2D eigenvalue weighted by Crippen LogP contribution is 2.23. The highest BCUT2D eigenvalue weighted by molar-refractivity contribution is 5.85. The van der Waals surface area contributed by atoms with Crippen molar-refractivity contribution in [3.8, 4) is 17.7 Å². The summed E-state index contributed by atoms with van der Waals surface area (Å²) in [7, 11) is 0. The zero-order chi connectivity index (χ0) is 16.9. The lowest BCUT2D eigenvalue weighted by molar-refractivity contribution is 0.0636. The molecule has 2 rings (SSSR count). The number of anilines is 1. The molecule has 0 bridgehead atoms. The van der Waals surface area contributed by atoms with Crippen LogP contribution in [0.3, 0.4) is 0 Å². The number of amides is 1. The van der Waals surface area contributed by atoms with Crippen LogP contribution in [0.25, 0.3) is 0 Å². The second kappa shape index (κ2) is 6.79. The van der Waals surface area contributed by atoms with Crippen molar-refractivity contribution in [2.24, 2.45) is 0 Å². The number of rotatable bonds is 3. The fraction of sp³-hybridized carbons (Fsp3) is 0.235. The molecule has 0 spiro atoms. The summed E-state index contributed by atoms with van der Waals surface area (Å²) in [5.74, 6) is 0.870. The second-order valence-corrected chi connectivity index (χ2v) is 5.75.